The molecule has 0 aromatic rings. The van der Waals surface area contributed by atoms with Crippen molar-refractivity contribution in [3.8, 4) is 0 Å². The average Bonchev–Trinajstić information content (AvgIpc) is 2.49. The molecule has 0 bridgehead atoms. The second-order valence-electron chi connectivity index (χ2n) is 5.62. The van der Waals surface area contributed by atoms with Crippen molar-refractivity contribution in [1.29, 1.82) is 0 Å². The van der Waals surface area contributed by atoms with Crippen LogP contribution in [0.15, 0.2) is 0 Å². The number of hydrogen-bond acceptors (Lipinski definition) is 4. The highest BCUT2D eigenvalue weighted by atomic mass is 16.5. The van der Waals surface area contributed by atoms with Gasteiger partial charge in [0.25, 0.3) is 0 Å². The molecule has 2 amide bonds. The Balaban J connectivity index is 2.66. The van der Waals surface area contributed by atoms with Crippen LogP contribution in [0, 0.1) is 5.41 Å². The van der Waals surface area contributed by atoms with E-state index in [1.165, 1.54) is 0 Å². The number of carbonyl (C=O) groups is 2. The lowest BCUT2D eigenvalue weighted by Crippen LogP contribution is -2.65. The van der Waals surface area contributed by atoms with Gasteiger partial charge in [0.1, 0.15) is 0 Å². The summed E-state index contributed by atoms with van der Waals surface area (Å²) in [6.07, 6.45) is 3.04. The maximum Gasteiger partial charge on any atom is 0.241 e. The summed E-state index contributed by atoms with van der Waals surface area (Å²) in [6.45, 7) is 6.91. The van der Waals surface area contributed by atoms with Gasteiger partial charge >= 0.3 is 0 Å². The van der Waals surface area contributed by atoms with E-state index in [2.05, 4.69) is 19.2 Å². The maximum absolute atomic E-state index is 12.2. The summed E-state index contributed by atoms with van der Waals surface area (Å²) in [6, 6.07) is 0.173. The van der Waals surface area contributed by atoms with Crippen molar-refractivity contribution in [3.05, 3.63) is 0 Å². The monoisotopic (exact) mass is 299 g/mol. The predicted molar refractivity (Wildman–Crippen MR) is 81.7 cm³/mol. The molecule has 122 valence electrons. The highest BCUT2D eigenvalue weighted by Gasteiger charge is 2.55. The van der Waals surface area contributed by atoms with Crippen LogP contribution in [0.2, 0.25) is 0 Å². The lowest BCUT2D eigenvalue weighted by molar-refractivity contribution is -0.176. The first-order chi connectivity index (χ1) is 9.96. The van der Waals surface area contributed by atoms with E-state index in [4.69, 9.17) is 10.5 Å². The first-order valence-electron chi connectivity index (χ1n) is 7.80. The normalized spacial score (nSPS) is 23.3. The molecular formula is C15H29N3O3. The lowest BCUT2D eigenvalue weighted by atomic mass is 9.58. The Kier molecular flexibility index (Phi) is 6.61. The largest absolute Gasteiger partial charge is 0.378 e. The maximum atomic E-state index is 12.2. The van der Waals surface area contributed by atoms with E-state index in [-0.39, 0.29) is 42.5 Å². The zero-order valence-corrected chi connectivity index (χ0v) is 13.6. The van der Waals surface area contributed by atoms with E-state index in [9.17, 15) is 9.59 Å². The van der Waals surface area contributed by atoms with Gasteiger partial charge in [-0.1, -0.05) is 13.8 Å². The van der Waals surface area contributed by atoms with Crippen LogP contribution in [0.5, 0.6) is 0 Å². The van der Waals surface area contributed by atoms with Gasteiger partial charge in [0.2, 0.25) is 11.8 Å². The van der Waals surface area contributed by atoms with Crippen molar-refractivity contribution < 1.29 is 14.3 Å². The fraction of sp³-hybridized carbons (Fsp3) is 0.867. The number of ether oxygens (including phenoxy) is 1. The van der Waals surface area contributed by atoms with Crippen LogP contribution in [-0.2, 0) is 14.3 Å². The van der Waals surface area contributed by atoms with Crippen molar-refractivity contribution in [1.82, 2.24) is 10.2 Å². The Hall–Kier alpha value is -1.14. The minimum atomic E-state index is -0.310. The van der Waals surface area contributed by atoms with Gasteiger partial charge in [-0.05, 0) is 26.2 Å². The molecule has 1 aliphatic carbocycles. The Morgan fingerprint density at radius 3 is 2.43 bits per heavy atom. The summed E-state index contributed by atoms with van der Waals surface area (Å²) in [5, 5.41) is 2.53. The van der Waals surface area contributed by atoms with E-state index >= 15 is 0 Å². The van der Waals surface area contributed by atoms with Crippen LogP contribution in [0.4, 0.5) is 0 Å². The molecule has 1 saturated carbocycles. The molecule has 21 heavy (non-hydrogen) atoms. The zero-order chi connectivity index (χ0) is 16.0. The molecule has 1 aliphatic rings. The number of carbonyl (C=O) groups excluding carboxylic acids is 2. The van der Waals surface area contributed by atoms with Gasteiger partial charge in [-0.2, -0.15) is 0 Å². The second kappa shape index (κ2) is 7.75. The Bertz CT molecular complexity index is 369. The molecule has 0 saturated heterocycles. The fourth-order valence-corrected chi connectivity index (χ4v) is 3.43. The van der Waals surface area contributed by atoms with Crippen molar-refractivity contribution in [2.75, 3.05) is 26.7 Å². The standard InChI is InChI=1S/C15H29N3O3/c1-5-15(6-2)11(8-12(15)21-7-3)18(4)14(20)10-17-13(19)9-16/h11-12H,5-10,16H2,1-4H3,(H,17,19). The molecule has 0 aliphatic heterocycles. The Morgan fingerprint density at radius 1 is 1.33 bits per heavy atom. The predicted octanol–water partition coefficient (Wildman–Crippen LogP) is 0.504. The summed E-state index contributed by atoms with van der Waals surface area (Å²) < 4.78 is 5.83. The smallest absolute Gasteiger partial charge is 0.241 e. The molecule has 0 aromatic carbocycles. The van der Waals surface area contributed by atoms with Crippen LogP contribution >= 0.6 is 0 Å². The van der Waals surface area contributed by atoms with E-state index in [0.29, 0.717) is 6.61 Å². The average molecular weight is 299 g/mol. The van der Waals surface area contributed by atoms with E-state index in [1.54, 1.807) is 4.90 Å². The molecule has 1 rings (SSSR count). The van der Waals surface area contributed by atoms with Gasteiger partial charge in [0, 0.05) is 25.1 Å². The lowest BCUT2D eigenvalue weighted by Gasteiger charge is -2.58. The fourth-order valence-electron chi connectivity index (χ4n) is 3.43. The molecule has 6 heteroatoms. The van der Waals surface area contributed by atoms with Crippen LogP contribution in [0.25, 0.3) is 0 Å². The number of nitrogens with zero attached hydrogens (tertiary/aromatic N) is 1. The Labute approximate surface area is 127 Å². The topological polar surface area (TPSA) is 84.7 Å². The van der Waals surface area contributed by atoms with Crippen molar-refractivity contribution >= 4 is 11.8 Å². The van der Waals surface area contributed by atoms with Crippen molar-refractivity contribution in [3.63, 3.8) is 0 Å². The van der Waals surface area contributed by atoms with E-state index < -0.39 is 0 Å². The molecule has 0 aromatic heterocycles. The molecule has 2 unspecified atom stereocenters. The Morgan fingerprint density at radius 2 is 1.95 bits per heavy atom. The highest BCUT2D eigenvalue weighted by Crippen LogP contribution is 2.51. The molecule has 3 N–H and O–H groups in total. The number of hydrogen-bond donors (Lipinski definition) is 2. The number of nitrogens with two attached hydrogens (primary N) is 1. The zero-order valence-electron chi connectivity index (χ0n) is 13.6. The van der Waals surface area contributed by atoms with Gasteiger partial charge in [-0.3, -0.25) is 9.59 Å². The van der Waals surface area contributed by atoms with Crippen LogP contribution in [0.3, 0.4) is 0 Å². The first-order valence-corrected chi connectivity index (χ1v) is 7.80. The van der Waals surface area contributed by atoms with Crippen LogP contribution < -0.4 is 11.1 Å². The summed E-state index contributed by atoms with van der Waals surface area (Å²) in [5.74, 6) is -0.391. The van der Waals surface area contributed by atoms with Crippen molar-refractivity contribution in [2.45, 2.75) is 52.2 Å². The quantitative estimate of drug-likeness (QED) is 0.683. The third-order valence-electron chi connectivity index (χ3n) is 4.91. The summed E-state index contributed by atoms with van der Waals surface area (Å²) in [4.78, 5) is 25.1. The van der Waals surface area contributed by atoms with Gasteiger partial charge in [0.05, 0.1) is 19.2 Å². The first kappa shape index (κ1) is 17.9. The molecular weight excluding hydrogens is 270 g/mol. The van der Waals surface area contributed by atoms with Gasteiger partial charge in [0.15, 0.2) is 0 Å². The van der Waals surface area contributed by atoms with Crippen LogP contribution in [0.1, 0.15) is 40.0 Å². The third-order valence-corrected chi connectivity index (χ3v) is 4.91. The van der Waals surface area contributed by atoms with E-state index in [1.807, 2.05) is 14.0 Å². The SMILES string of the molecule is CCOC1CC(N(C)C(=O)CNC(=O)CN)C1(CC)CC. The number of rotatable bonds is 8. The third kappa shape index (κ3) is 3.55. The minimum Gasteiger partial charge on any atom is -0.378 e. The number of amides is 2. The molecule has 0 radical (unpaired) electrons. The molecule has 2 atom stereocenters. The molecule has 1 fully saturated rings. The van der Waals surface area contributed by atoms with Crippen molar-refractivity contribution in [2.24, 2.45) is 11.1 Å². The number of nitrogens with one attached hydrogen (secondary N) is 1. The number of likely N-dealkylation sites (N-methyl/N-ethyl adjacent to an activating group) is 1. The van der Waals surface area contributed by atoms with E-state index in [0.717, 1.165) is 19.3 Å². The molecule has 0 spiro atoms. The molecule has 0 heterocycles. The minimum absolute atomic E-state index is 0.00580. The van der Waals surface area contributed by atoms with Crippen LogP contribution in [-0.4, -0.2) is 55.6 Å². The highest BCUT2D eigenvalue weighted by molar-refractivity contribution is 5.85. The summed E-state index contributed by atoms with van der Waals surface area (Å²) >= 11 is 0. The second-order valence-corrected chi connectivity index (χ2v) is 5.62. The van der Waals surface area contributed by atoms with Gasteiger partial charge < -0.3 is 20.7 Å². The molecule has 6 nitrogen and oxygen atoms in total. The summed E-state index contributed by atoms with van der Waals surface area (Å²) in [5.41, 5.74) is 5.24. The van der Waals surface area contributed by atoms with Gasteiger partial charge in [-0.25, -0.2) is 0 Å². The summed E-state index contributed by atoms with van der Waals surface area (Å²) in [7, 11) is 1.81. The van der Waals surface area contributed by atoms with Gasteiger partial charge in [-0.15, -0.1) is 0 Å².